The molecule has 1 unspecified atom stereocenters. The number of hydrogen-bond donors (Lipinski definition) is 2. The van der Waals surface area contributed by atoms with Gasteiger partial charge in [-0.25, -0.2) is 9.37 Å². The van der Waals surface area contributed by atoms with Crippen LogP contribution in [0.5, 0.6) is 0 Å². The highest BCUT2D eigenvalue weighted by atomic mass is 19.1. The maximum Gasteiger partial charge on any atom is 0.222 e. The second-order valence-corrected chi connectivity index (χ2v) is 4.71. The van der Waals surface area contributed by atoms with Gasteiger partial charge in [0.05, 0.1) is 17.3 Å². The Bertz CT molecular complexity index is 770. The van der Waals surface area contributed by atoms with E-state index in [0.717, 1.165) is 5.69 Å². The highest BCUT2D eigenvalue weighted by Gasteiger charge is 2.12. The number of nitrogens with zero attached hydrogens (tertiary/aromatic N) is 3. The summed E-state index contributed by atoms with van der Waals surface area (Å²) < 4.78 is 13.3. The molecule has 0 fully saturated rings. The minimum atomic E-state index is -0.357. The van der Waals surface area contributed by atoms with E-state index in [4.69, 9.17) is 5.73 Å². The average Bonchev–Trinajstić information content (AvgIpc) is 2.47. The molecule has 0 saturated carbocycles. The Hall–Kier alpha value is -2.76. The SMILES string of the molecule is CC(Nc1nc(N)nc2cc(F)ccc12)c1ccccn1. The zero-order valence-corrected chi connectivity index (χ0v) is 11.4. The molecule has 2 heterocycles. The highest BCUT2D eigenvalue weighted by molar-refractivity contribution is 5.90. The van der Waals surface area contributed by atoms with E-state index in [-0.39, 0.29) is 17.8 Å². The summed E-state index contributed by atoms with van der Waals surface area (Å²) in [6, 6.07) is 9.98. The Morgan fingerprint density at radius 1 is 1.19 bits per heavy atom. The number of nitrogen functional groups attached to an aromatic ring is 1. The van der Waals surface area contributed by atoms with Gasteiger partial charge in [-0.05, 0) is 31.2 Å². The third kappa shape index (κ3) is 2.74. The second kappa shape index (κ2) is 5.32. The maximum absolute atomic E-state index is 13.3. The smallest absolute Gasteiger partial charge is 0.222 e. The van der Waals surface area contributed by atoms with Crippen LogP contribution < -0.4 is 11.1 Å². The Labute approximate surface area is 121 Å². The third-order valence-electron chi connectivity index (χ3n) is 3.16. The number of hydrogen-bond acceptors (Lipinski definition) is 5. The van der Waals surface area contributed by atoms with E-state index in [1.165, 1.54) is 12.1 Å². The first kappa shape index (κ1) is 13.2. The predicted molar refractivity (Wildman–Crippen MR) is 80.2 cm³/mol. The summed E-state index contributed by atoms with van der Waals surface area (Å²) in [6.07, 6.45) is 1.73. The fourth-order valence-electron chi connectivity index (χ4n) is 2.14. The zero-order valence-electron chi connectivity index (χ0n) is 11.4. The van der Waals surface area contributed by atoms with E-state index in [1.54, 1.807) is 12.3 Å². The van der Waals surface area contributed by atoms with Crippen molar-refractivity contribution in [1.82, 2.24) is 15.0 Å². The molecule has 0 aliphatic carbocycles. The van der Waals surface area contributed by atoms with E-state index >= 15 is 0 Å². The molecule has 0 aliphatic heterocycles. The summed E-state index contributed by atoms with van der Waals surface area (Å²) in [5.74, 6) is 0.309. The van der Waals surface area contributed by atoms with Crippen molar-refractivity contribution in [3.63, 3.8) is 0 Å². The molecule has 106 valence electrons. The Morgan fingerprint density at radius 3 is 2.81 bits per heavy atom. The molecule has 0 saturated heterocycles. The first-order valence-corrected chi connectivity index (χ1v) is 6.54. The molecule has 21 heavy (non-hydrogen) atoms. The quantitative estimate of drug-likeness (QED) is 0.773. The van der Waals surface area contributed by atoms with Gasteiger partial charge in [-0.1, -0.05) is 6.07 Å². The largest absolute Gasteiger partial charge is 0.368 e. The van der Waals surface area contributed by atoms with Crippen LogP contribution in [0.4, 0.5) is 16.2 Å². The van der Waals surface area contributed by atoms with Gasteiger partial charge in [0.1, 0.15) is 11.6 Å². The minimum absolute atomic E-state index is 0.0613. The van der Waals surface area contributed by atoms with Crippen molar-refractivity contribution in [1.29, 1.82) is 0 Å². The summed E-state index contributed by atoms with van der Waals surface area (Å²) in [6.45, 7) is 1.97. The van der Waals surface area contributed by atoms with Gasteiger partial charge in [0, 0.05) is 17.6 Å². The van der Waals surface area contributed by atoms with Crippen LogP contribution in [0.3, 0.4) is 0 Å². The monoisotopic (exact) mass is 283 g/mol. The molecule has 1 atom stereocenters. The van der Waals surface area contributed by atoms with Crippen LogP contribution in [0.2, 0.25) is 0 Å². The van der Waals surface area contributed by atoms with Crippen molar-refractivity contribution >= 4 is 22.7 Å². The van der Waals surface area contributed by atoms with Gasteiger partial charge in [0.25, 0.3) is 0 Å². The lowest BCUT2D eigenvalue weighted by Crippen LogP contribution is -2.11. The van der Waals surface area contributed by atoms with Crippen molar-refractivity contribution < 1.29 is 4.39 Å². The molecule has 2 aromatic heterocycles. The topological polar surface area (TPSA) is 76.7 Å². The molecule has 0 radical (unpaired) electrons. The number of aromatic nitrogens is 3. The van der Waals surface area contributed by atoms with Gasteiger partial charge in [0.2, 0.25) is 5.95 Å². The lowest BCUT2D eigenvalue weighted by molar-refractivity contribution is 0.629. The van der Waals surface area contributed by atoms with Crippen molar-refractivity contribution in [2.75, 3.05) is 11.1 Å². The Kier molecular flexibility index (Phi) is 3.35. The van der Waals surface area contributed by atoms with Crippen LogP contribution in [0.1, 0.15) is 18.7 Å². The fraction of sp³-hybridized carbons (Fsp3) is 0.133. The molecule has 0 amide bonds. The van der Waals surface area contributed by atoms with Gasteiger partial charge in [0.15, 0.2) is 0 Å². The first-order chi connectivity index (χ1) is 10.1. The van der Waals surface area contributed by atoms with Crippen LogP contribution in [-0.4, -0.2) is 15.0 Å². The van der Waals surface area contributed by atoms with Gasteiger partial charge in [-0.2, -0.15) is 4.98 Å². The molecule has 3 rings (SSSR count). The van der Waals surface area contributed by atoms with E-state index in [9.17, 15) is 4.39 Å². The lowest BCUT2D eigenvalue weighted by atomic mass is 10.2. The van der Waals surface area contributed by atoms with Crippen LogP contribution in [0.25, 0.3) is 10.9 Å². The summed E-state index contributed by atoms with van der Waals surface area (Å²) in [4.78, 5) is 12.5. The molecule has 0 spiro atoms. The number of nitrogens with two attached hydrogens (primary N) is 1. The third-order valence-corrected chi connectivity index (χ3v) is 3.16. The van der Waals surface area contributed by atoms with Gasteiger partial charge in [-0.3, -0.25) is 4.98 Å². The van der Waals surface area contributed by atoms with E-state index in [0.29, 0.717) is 16.7 Å². The summed E-state index contributed by atoms with van der Waals surface area (Å²) in [5.41, 5.74) is 7.04. The number of fused-ring (bicyclic) bond motifs is 1. The normalized spacial score (nSPS) is 12.3. The van der Waals surface area contributed by atoms with Crippen molar-refractivity contribution in [3.8, 4) is 0 Å². The van der Waals surface area contributed by atoms with Crippen LogP contribution in [-0.2, 0) is 0 Å². The Morgan fingerprint density at radius 2 is 2.05 bits per heavy atom. The van der Waals surface area contributed by atoms with Gasteiger partial charge in [-0.15, -0.1) is 0 Å². The number of pyridine rings is 1. The lowest BCUT2D eigenvalue weighted by Gasteiger charge is -2.15. The number of halogens is 1. The molecule has 0 aliphatic rings. The molecule has 1 aromatic carbocycles. The average molecular weight is 283 g/mol. The predicted octanol–water partition coefficient (Wildman–Crippen LogP) is 2.92. The van der Waals surface area contributed by atoms with Gasteiger partial charge < -0.3 is 11.1 Å². The number of anilines is 2. The maximum atomic E-state index is 13.3. The number of nitrogens with one attached hydrogen (secondary N) is 1. The summed E-state index contributed by atoms with van der Waals surface area (Å²) >= 11 is 0. The van der Waals surface area contributed by atoms with E-state index in [1.807, 2.05) is 25.1 Å². The molecule has 6 heteroatoms. The Balaban J connectivity index is 2.00. The van der Waals surface area contributed by atoms with Crippen molar-refractivity contribution in [2.24, 2.45) is 0 Å². The minimum Gasteiger partial charge on any atom is -0.368 e. The van der Waals surface area contributed by atoms with Crippen molar-refractivity contribution in [2.45, 2.75) is 13.0 Å². The van der Waals surface area contributed by atoms with Crippen LogP contribution in [0, 0.1) is 5.82 Å². The molecule has 5 nitrogen and oxygen atoms in total. The van der Waals surface area contributed by atoms with Crippen molar-refractivity contribution in [3.05, 3.63) is 54.1 Å². The molecular weight excluding hydrogens is 269 g/mol. The van der Waals surface area contributed by atoms with Gasteiger partial charge >= 0.3 is 0 Å². The standard InChI is InChI=1S/C15H14FN5/c1-9(12-4-2-3-7-18-12)19-14-11-6-5-10(16)8-13(11)20-15(17)21-14/h2-9H,1H3,(H3,17,19,20,21). The number of rotatable bonds is 3. The molecule has 0 bridgehead atoms. The molecule has 3 N–H and O–H groups in total. The first-order valence-electron chi connectivity index (χ1n) is 6.54. The summed E-state index contributed by atoms with van der Waals surface area (Å²) in [5, 5.41) is 3.96. The highest BCUT2D eigenvalue weighted by Crippen LogP contribution is 2.25. The summed E-state index contributed by atoms with van der Waals surface area (Å²) in [7, 11) is 0. The number of benzene rings is 1. The zero-order chi connectivity index (χ0) is 14.8. The van der Waals surface area contributed by atoms with E-state index in [2.05, 4.69) is 20.3 Å². The molecule has 3 aromatic rings. The van der Waals surface area contributed by atoms with Crippen LogP contribution in [0.15, 0.2) is 42.6 Å². The fourth-order valence-corrected chi connectivity index (χ4v) is 2.14. The van der Waals surface area contributed by atoms with E-state index < -0.39 is 0 Å². The van der Waals surface area contributed by atoms with Crippen LogP contribution >= 0.6 is 0 Å². The second-order valence-electron chi connectivity index (χ2n) is 4.71. The molecular formula is C15H14FN5.